The molecule has 3 aromatic rings. The lowest BCUT2D eigenvalue weighted by Crippen LogP contribution is -2.13. The highest BCUT2D eigenvalue weighted by molar-refractivity contribution is 6.36. The van der Waals surface area contributed by atoms with E-state index in [-0.39, 0.29) is 23.1 Å². The van der Waals surface area contributed by atoms with E-state index in [2.05, 4.69) is 10.6 Å². The van der Waals surface area contributed by atoms with Crippen LogP contribution in [0.1, 0.15) is 20.9 Å². The van der Waals surface area contributed by atoms with Gasteiger partial charge in [0.25, 0.3) is 11.8 Å². The second-order valence-corrected chi connectivity index (χ2v) is 5.93. The maximum atomic E-state index is 12.3. The number of carbonyl (C=O) groups excluding carboxylic acids is 2. The molecule has 126 valence electrons. The van der Waals surface area contributed by atoms with Crippen molar-refractivity contribution in [3.8, 4) is 0 Å². The molecule has 0 saturated heterocycles. The van der Waals surface area contributed by atoms with E-state index >= 15 is 0 Å². The first-order valence-electron chi connectivity index (χ1n) is 7.24. The molecule has 2 N–H and O–H groups in total. The molecule has 0 unspecified atom stereocenters. The van der Waals surface area contributed by atoms with Gasteiger partial charge in [0.1, 0.15) is 0 Å². The number of anilines is 2. The normalized spacial score (nSPS) is 10.3. The number of hydrogen-bond donors (Lipinski definition) is 2. The zero-order valence-corrected chi connectivity index (χ0v) is 14.3. The van der Waals surface area contributed by atoms with Gasteiger partial charge in [0.2, 0.25) is 0 Å². The first-order valence-corrected chi connectivity index (χ1v) is 8.00. The van der Waals surface area contributed by atoms with E-state index in [0.29, 0.717) is 21.4 Å². The molecule has 25 heavy (non-hydrogen) atoms. The molecule has 0 fully saturated rings. The molecule has 0 aliphatic rings. The predicted octanol–water partition coefficient (Wildman–Crippen LogP) is 5.09. The lowest BCUT2D eigenvalue weighted by atomic mass is 10.2. The van der Waals surface area contributed by atoms with Gasteiger partial charge >= 0.3 is 0 Å². The third kappa shape index (κ3) is 4.21. The molecule has 7 heteroatoms. The van der Waals surface area contributed by atoms with Crippen molar-refractivity contribution >= 4 is 46.4 Å². The van der Waals surface area contributed by atoms with Gasteiger partial charge in [0, 0.05) is 16.4 Å². The van der Waals surface area contributed by atoms with Crippen LogP contribution in [0.25, 0.3) is 0 Å². The number of rotatable bonds is 4. The maximum Gasteiger partial charge on any atom is 0.291 e. The third-order valence-electron chi connectivity index (χ3n) is 3.32. The maximum absolute atomic E-state index is 12.3. The van der Waals surface area contributed by atoms with Crippen LogP contribution in [0, 0.1) is 0 Å². The van der Waals surface area contributed by atoms with Crippen molar-refractivity contribution in [3.05, 3.63) is 82.2 Å². The molecule has 2 amide bonds. The van der Waals surface area contributed by atoms with Crippen LogP contribution >= 0.6 is 23.2 Å². The van der Waals surface area contributed by atoms with E-state index in [9.17, 15) is 9.59 Å². The monoisotopic (exact) mass is 374 g/mol. The molecule has 0 radical (unpaired) electrons. The Morgan fingerprint density at radius 2 is 1.48 bits per heavy atom. The van der Waals surface area contributed by atoms with Crippen molar-refractivity contribution in [3.63, 3.8) is 0 Å². The van der Waals surface area contributed by atoms with Crippen LogP contribution in [0.3, 0.4) is 0 Å². The second kappa shape index (κ2) is 7.42. The Balaban J connectivity index is 1.67. The van der Waals surface area contributed by atoms with E-state index in [1.807, 2.05) is 0 Å². The predicted molar refractivity (Wildman–Crippen MR) is 97.5 cm³/mol. The highest BCUT2D eigenvalue weighted by atomic mass is 35.5. The molecule has 0 atom stereocenters. The zero-order valence-electron chi connectivity index (χ0n) is 12.8. The van der Waals surface area contributed by atoms with Crippen molar-refractivity contribution in [1.29, 1.82) is 0 Å². The number of hydrogen-bond acceptors (Lipinski definition) is 3. The number of nitrogens with one attached hydrogen (secondary N) is 2. The SMILES string of the molecule is O=C(Nc1ccc(NC(=O)c2cc(Cl)ccc2Cl)cc1)c1ccco1. The highest BCUT2D eigenvalue weighted by Gasteiger charge is 2.12. The van der Waals surface area contributed by atoms with Crippen molar-refractivity contribution in [2.75, 3.05) is 10.6 Å². The van der Waals surface area contributed by atoms with Crippen molar-refractivity contribution in [1.82, 2.24) is 0 Å². The van der Waals surface area contributed by atoms with E-state index in [4.69, 9.17) is 27.6 Å². The molecule has 2 aromatic carbocycles. The second-order valence-electron chi connectivity index (χ2n) is 5.09. The smallest absolute Gasteiger partial charge is 0.291 e. The van der Waals surface area contributed by atoms with Crippen molar-refractivity contribution in [2.24, 2.45) is 0 Å². The summed E-state index contributed by atoms with van der Waals surface area (Å²) in [5, 5.41) is 6.14. The fraction of sp³-hybridized carbons (Fsp3) is 0. The molecule has 0 aliphatic carbocycles. The fourth-order valence-electron chi connectivity index (χ4n) is 2.11. The van der Waals surface area contributed by atoms with E-state index in [1.54, 1.807) is 48.5 Å². The Bertz CT molecular complexity index is 907. The number of carbonyl (C=O) groups is 2. The summed E-state index contributed by atoms with van der Waals surface area (Å²) < 4.78 is 5.02. The van der Waals surface area contributed by atoms with Crippen LogP contribution < -0.4 is 10.6 Å². The molecule has 3 rings (SSSR count). The Hall–Kier alpha value is -2.76. The van der Waals surface area contributed by atoms with Crippen LogP contribution in [-0.4, -0.2) is 11.8 Å². The number of halogens is 2. The summed E-state index contributed by atoms with van der Waals surface area (Å²) in [6, 6.07) is 14.5. The van der Waals surface area contributed by atoms with Gasteiger partial charge < -0.3 is 15.1 Å². The Morgan fingerprint density at radius 3 is 2.08 bits per heavy atom. The average molecular weight is 375 g/mol. The summed E-state index contributed by atoms with van der Waals surface area (Å²) in [7, 11) is 0. The summed E-state index contributed by atoms with van der Waals surface area (Å²) in [5.41, 5.74) is 1.40. The summed E-state index contributed by atoms with van der Waals surface area (Å²) >= 11 is 11.9. The summed E-state index contributed by atoms with van der Waals surface area (Å²) in [5.74, 6) is -0.514. The molecule has 0 bridgehead atoms. The minimum absolute atomic E-state index is 0.216. The van der Waals surface area contributed by atoms with Gasteiger partial charge in [-0.2, -0.15) is 0 Å². The van der Waals surface area contributed by atoms with Crippen LogP contribution in [0.2, 0.25) is 10.0 Å². The van der Waals surface area contributed by atoms with E-state index in [0.717, 1.165) is 0 Å². The van der Waals surface area contributed by atoms with Gasteiger partial charge in [0.05, 0.1) is 16.8 Å². The van der Waals surface area contributed by atoms with E-state index in [1.165, 1.54) is 12.3 Å². The molecule has 1 heterocycles. The molecule has 5 nitrogen and oxygen atoms in total. The van der Waals surface area contributed by atoms with Crippen LogP contribution in [0.4, 0.5) is 11.4 Å². The van der Waals surface area contributed by atoms with Crippen LogP contribution in [0.15, 0.2) is 65.3 Å². The largest absolute Gasteiger partial charge is 0.459 e. The molecule has 0 spiro atoms. The number of furan rings is 1. The Morgan fingerprint density at radius 1 is 0.840 bits per heavy atom. The van der Waals surface area contributed by atoms with Crippen molar-refractivity contribution in [2.45, 2.75) is 0 Å². The van der Waals surface area contributed by atoms with Crippen molar-refractivity contribution < 1.29 is 14.0 Å². The fourth-order valence-corrected chi connectivity index (χ4v) is 2.48. The minimum atomic E-state index is -0.375. The van der Waals surface area contributed by atoms with Crippen LogP contribution in [0.5, 0.6) is 0 Å². The molecule has 0 saturated carbocycles. The molecular formula is C18H12Cl2N2O3. The highest BCUT2D eigenvalue weighted by Crippen LogP contribution is 2.22. The number of amides is 2. The Kier molecular flexibility index (Phi) is 5.07. The minimum Gasteiger partial charge on any atom is -0.459 e. The van der Waals surface area contributed by atoms with Gasteiger partial charge in [-0.3, -0.25) is 9.59 Å². The average Bonchev–Trinajstić information content (AvgIpc) is 3.13. The Labute approximate surface area is 153 Å². The molecule has 1 aromatic heterocycles. The van der Waals surface area contributed by atoms with Gasteiger partial charge in [-0.15, -0.1) is 0 Å². The van der Waals surface area contributed by atoms with Gasteiger partial charge in [-0.05, 0) is 54.6 Å². The van der Waals surface area contributed by atoms with Crippen LogP contribution in [-0.2, 0) is 0 Å². The lowest BCUT2D eigenvalue weighted by Gasteiger charge is -2.08. The molecule has 0 aliphatic heterocycles. The topological polar surface area (TPSA) is 71.3 Å². The van der Waals surface area contributed by atoms with Gasteiger partial charge in [0.15, 0.2) is 5.76 Å². The first kappa shape index (κ1) is 17.1. The lowest BCUT2D eigenvalue weighted by molar-refractivity contribution is 0.0994. The summed E-state index contributed by atoms with van der Waals surface area (Å²) in [4.78, 5) is 24.2. The molecular weight excluding hydrogens is 363 g/mol. The zero-order chi connectivity index (χ0) is 17.8. The van der Waals surface area contributed by atoms with Gasteiger partial charge in [-0.25, -0.2) is 0 Å². The quantitative estimate of drug-likeness (QED) is 0.667. The number of benzene rings is 2. The standard InChI is InChI=1S/C18H12Cl2N2O3/c19-11-3-8-15(20)14(10-11)17(23)21-12-4-6-13(7-5-12)22-18(24)16-2-1-9-25-16/h1-10H,(H,21,23)(H,22,24). The first-order chi connectivity index (χ1) is 12.0. The van der Waals surface area contributed by atoms with E-state index < -0.39 is 0 Å². The van der Waals surface area contributed by atoms with Gasteiger partial charge in [-0.1, -0.05) is 23.2 Å². The third-order valence-corrected chi connectivity index (χ3v) is 3.88. The summed E-state index contributed by atoms with van der Waals surface area (Å²) in [6.45, 7) is 0. The summed E-state index contributed by atoms with van der Waals surface area (Å²) in [6.07, 6.45) is 1.43.